The van der Waals surface area contributed by atoms with Gasteiger partial charge in [0.15, 0.2) is 0 Å². The monoisotopic (exact) mass is 254 g/mol. The lowest BCUT2D eigenvalue weighted by Gasteiger charge is -2.08. The van der Waals surface area contributed by atoms with Crippen molar-refractivity contribution in [2.75, 3.05) is 5.32 Å². The fraction of sp³-hybridized carbons (Fsp3) is 0.182. The normalized spacial score (nSPS) is 10.4. The molecule has 2 aromatic rings. The Labute approximate surface area is 103 Å². The molecule has 84 valence electrons. The topological polar surface area (TPSA) is 45.1 Å². The van der Waals surface area contributed by atoms with Crippen molar-refractivity contribution in [3.63, 3.8) is 0 Å². The quantitative estimate of drug-likeness (QED) is 0.882. The molecule has 0 saturated carbocycles. The van der Waals surface area contributed by atoms with Crippen LogP contribution in [0.2, 0.25) is 4.34 Å². The van der Waals surface area contributed by atoms with Crippen molar-refractivity contribution in [3.8, 4) is 0 Å². The summed E-state index contributed by atoms with van der Waals surface area (Å²) in [5.41, 5.74) is 1.81. The summed E-state index contributed by atoms with van der Waals surface area (Å²) in [5.74, 6) is 0. The molecule has 2 N–H and O–H groups in total. The molecule has 0 unspecified atom stereocenters. The van der Waals surface area contributed by atoms with Crippen LogP contribution in [0.25, 0.3) is 0 Å². The number of benzene rings is 1. The number of aliphatic hydroxyl groups is 1. The Bertz CT molecular complexity index is 473. The number of para-hydroxylation sites is 1. The number of thiazole rings is 1. The number of aliphatic hydroxyl groups excluding tert-OH is 1. The van der Waals surface area contributed by atoms with Gasteiger partial charge in [-0.1, -0.05) is 29.8 Å². The predicted octanol–water partition coefficient (Wildman–Crippen LogP) is 2.90. The molecule has 1 aromatic heterocycles. The molecule has 0 saturated heterocycles. The van der Waals surface area contributed by atoms with Crippen LogP contribution in [0.3, 0.4) is 0 Å². The first kappa shape index (κ1) is 11.4. The van der Waals surface area contributed by atoms with E-state index in [4.69, 9.17) is 16.7 Å². The molecule has 0 radical (unpaired) electrons. The van der Waals surface area contributed by atoms with Gasteiger partial charge in [0.25, 0.3) is 0 Å². The predicted molar refractivity (Wildman–Crippen MR) is 66.8 cm³/mol. The summed E-state index contributed by atoms with van der Waals surface area (Å²) in [6.45, 7) is 0.649. The SMILES string of the molecule is OCc1ccccc1NCc1ncc(Cl)s1. The number of aromatic nitrogens is 1. The van der Waals surface area contributed by atoms with Gasteiger partial charge in [0.2, 0.25) is 0 Å². The summed E-state index contributed by atoms with van der Waals surface area (Å²) >= 11 is 7.24. The highest BCUT2D eigenvalue weighted by molar-refractivity contribution is 7.15. The molecule has 0 amide bonds. The Morgan fingerprint density at radius 3 is 2.88 bits per heavy atom. The Morgan fingerprint density at radius 1 is 1.38 bits per heavy atom. The number of nitrogens with zero attached hydrogens (tertiary/aromatic N) is 1. The number of rotatable bonds is 4. The van der Waals surface area contributed by atoms with Gasteiger partial charge in [-0.25, -0.2) is 4.98 Å². The number of halogens is 1. The minimum Gasteiger partial charge on any atom is -0.392 e. The number of anilines is 1. The Hall–Kier alpha value is -1.10. The summed E-state index contributed by atoms with van der Waals surface area (Å²) in [4.78, 5) is 4.15. The molecule has 0 bridgehead atoms. The summed E-state index contributed by atoms with van der Waals surface area (Å²) in [6.07, 6.45) is 1.64. The van der Waals surface area contributed by atoms with Gasteiger partial charge < -0.3 is 10.4 Å². The maximum absolute atomic E-state index is 9.15. The summed E-state index contributed by atoms with van der Waals surface area (Å²) < 4.78 is 0.687. The van der Waals surface area contributed by atoms with Gasteiger partial charge in [-0.05, 0) is 6.07 Å². The third kappa shape index (κ3) is 2.72. The Balaban J connectivity index is 2.04. The van der Waals surface area contributed by atoms with Gasteiger partial charge in [0.1, 0.15) is 9.34 Å². The van der Waals surface area contributed by atoms with Crippen LogP contribution in [0.4, 0.5) is 5.69 Å². The van der Waals surface area contributed by atoms with E-state index in [1.807, 2.05) is 24.3 Å². The van der Waals surface area contributed by atoms with E-state index in [1.54, 1.807) is 6.20 Å². The van der Waals surface area contributed by atoms with Crippen molar-refractivity contribution in [2.24, 2.45) is 0 Å². The molecule has 16 heavy (non-hydrogen) atoms. The number of hydrogen-bond donors (Lipinski definition) is 2. The molecule has 1 heterocycles. The van der Waals surface area contributed by atoms with E-state index in [-0.39, 0.29) is 6.61 Å². The number of nitrogens with one attached hydrogen (secondary N) is 1. The maximum atomic E-state index is 9.15. The largest absolute Gasteiger partial charge is 0.392 e. The highest BCUT2D eigenvalue weighted by Gasteiger charge is 2.02. The maximum Gasteiger partial charge on any atom is 0.113 e. The molecule has 3 nitrogen and oxygen atoms in total. The summed E-state index contributed by atoms with van der Waals surface area (Å²) in [5, 5.41) is 13.3. The van der Waals surface area contributed by atoms with Crippen LogP contribution in [0.1, 0.15) is 10.6 Å². The van der Waals surface area contributed by atoms with Gasteiger partial charge in [0.05, 0.1) is 19.3 Å². The Morgan fingerprint density at radius 2 is 2.19 bits per heavy atom. The molecular formula is C11H11ClN2OS. The van der Waals surface area contributed by atoms with Crippen molar-refractivity contribution in [1.29, 1.82) is 0 Å². The van der Waals surface area contributed by atoms with E-state index in [1.165, 1.54) is 11.3 Å². The van der Waals surface area contributed by atoms with Gasteiger partial charge in [-0.2, -0.15) is 0 Å². The van der Waals surface area contributed by atoms with E-state index in [0.717, 1.165) is 16.3 Å². The van der Waals surface area contributed by atoms with Crippen molar-refractivity contribution < 1.29 is 5.11 Å². The second-order valence-electron chi connectivity index (χ2n) is 3.23. The van der Waals surface area contributed by atoms with Crippen molar-refractivity contribution in [3.05, 3.63) is 45.4 Å². The minimum atomic E-state index is 0.0296. The fourth-order valence-corrected chi connectivity index (χ4v) is 2.27. The molecule has 1 aromatic carbocycles. The van der Waals surface area contributed by atoms with Crippen molar-refractivity contribution in [1.82, 2.24) is 4.98 Å². The average Bonchev–Trinajstić information content (AvgIpc) is 2.73. The van der Waals surface area contributed by atoms with E-state index in [2.05, 4.69) is 10.3 Å². The van der Waals surface area contributed by atoms with E-state index in [0.29, 0.717) is 10.9 Å². The minimum absolute atomic E-state index is 0.0296. The summed E-state index contributed by atoms with van der Waals surface area (Å²) in [6, 6.07) is 7.64. The van der Waals surface area contributed by atoms with Crippen LogP contribution in [-0.4, -0.2) is 10.1 Å². The molecular weight excluding hydrogens is 244 g/mol. The number of hydrogen-bond acceptors (Lipinski definition) is 4. The molecule has 0 fully saturated rings. The van der Waals surface area contributed by atoms with E-state index in [9.17, 15) is 0 Å². The van der Waals surface area contributed by atoms with E-state index < -0.39 is 0 Å². The summed E-state index contributed by atoms with van der Waals surface area (Å²) in [7, 11) is 0. The van der Waals surface area contributed by atoms with Gasteiger partial charge in [-0.3, -0.25) is 0 Å². The Kier molecular flexibility index (Phi) is 3.77. The average molecular weight is 255 g/mol. The van der Waals surface area contributed by atoms with Crippen LogP contribution >= 0.6 is 22.9 Å². The van der Waals surface area contributed by atoms with Crippen LogP contribution in [0.15, 0.2) is 30.5 Å². The zero-order valence-electron chi connectivity index (χ0n) is 8.48. The van der Waals surface area contributed by atoms with Crippen LogP contribution in [0.5, 0.6) is 0 Å². The molecule has 0 atom stereocenters. The zero-order valence-corrected chi connectivity index (χ0v) is 10.1. The highest BCUT2D eigenvalue weighted by Crippen LogP contribution is 2.20. The van der Waals surface area contributed by atoms with E-state index >= 15 is 0 Å². The van der Waals surface area contributed by atoms with Gasteiger partial charge in [0, 0.05) is 11.3 Å². The second kappa shape index (κ2) is 5.30. The van der Waals surface area contributed by atoms with Crippen molar-refractivity contribution in [2.45, 2.75) is 13.2 Å². The zero-order chi connectivity index (χ0) is 11.4. The third-order valence-electron chi connectivity index (χ3n) is 2.14. The van der Waals surface area contributed by atoms with Gasteiger partial charge >= 0.3 is 0 Å². The van der Waals surface area contributed by atoms with Crippen LogP contribution in [-0.2, 0) is 13.2 Å². The molecule has 2 rings (SSSR count). The third-order valence-corrected chi connectivity index (χ3v) is 3.26. The lowest BCUT2D eigenvalue weighted by atomic mass is 10.2. The lowest BCUT2D eigenvalue weighted by Crippen LogP contribution is -2.01. The highest BCUT2D eigenvalue weighted by atomic mass is 35.5. The van der Waals surface area contributed by atoms with Crippen LogP contribution < -0.4 is 5.32 Å². The molecule has 5 heteroatoms. The lowest BCUT2D eigenvalue weighted by molar-refractivity contribution is 0.282. The van der Waals surface area contributed by atoms with Gasteiger partial charge in [-0.15, -0.1) is 11.3 Å². The molecule has 0 aliphatic carbocycles. The smallest absolute Gasteiger partial charge is 0.113 e. The first-order valence-electron chi connectivity index (χ1n) is 4.82. The first-order chi connectivity index (χ1) is 7.79. The molecule has 0 aliphatic heterocycles. The molecule has 0 spiro atoms. The fourth-order valence-electron chi connectivity index (χ4n) is 1.37. The first-order valence-corrected chi connectivity index (χ1v) is 6.02. The van der Waals surface area contributed by atoms with Crippen molar-refractivity contribution >= 4 is 28.6 Å². The van der Waals surface area contributed by atoms with Crippen LogP contribution in [0, 0.1) is 0 Å². The standard InChI is InChI=1S/C11H11ClN2OS/c12-10-5-14-11(16-10)6-13-9-4-2-1-3-8(9)7-15/h1-5,13,15H,6-7H2. The second-order valence-corrected chi connectivity index (χ2v) is 4.97. The molecule has 0 aliphatic rings.